The molecule has 2 aromatic rings. The Morgan fingerprint density at radius 2 is 1.73 bits per heavy atom. The SMILES string of the molecule is COc1ccc(Nc2ccccc2C(=O)NCCC(=O)NC(C)C)cc1. The lowest BCUT2D eigenvalue weighted by molar-refractivity contribution is -0.121. The summed E-state index contributed by atoms with van der Waals surface area (Å²) in [6.07, 6.45) is 0.248. The molecule has 0 fully saturated rings. The van der Waals surface area contributed by atoms with Crippen LogP contribution in [-0.2, 0) is 4.79 Å². The first-order valence-corrected chi connectivity index (χ1v) is 8.57. The second-order valence-electron chi connectivity index (χ2n) is 6.13. The minimum atomic E-state index is -0.223. The zero-order chi connectivity index (χ0) is 18.9. The predicted octanol–water partition coefficient (Wildman–Crippen LogP) is 3.08. The molecule has 2 aromatic carbocycles. The van der Waals surface area contributed by atoms with Gasteiger partial charge in [0.1, 0.15) is 5.75 Å². The number of nitrogens with one attached hydrogen (secondary N) is 3. The third-order valence-electron chi connectivity index (χ3n) is 3.63. The van der Waals surface area contributed by atoms with Crippen molar-refractivity contribution < 1.29 is 14.3 Å². The maximum Gasteiger partial charge on any atom is 0.253 e. The molecule has 26 heavy (non-hydrogen) atoms. The Kier molecular flexibility index (Phi) is 7.02. The van der Waals surface area contributed by atoms with Gasteiger partial charge in [-0.2, -0.15) is 0 Å². The van der Waals surface area contributed by atoms with Crippen LogP contribution in [0.2, 0.25) is 0 Å². The quantitative estimate of drug-likeness (QED) is 0.680. The zero-order valence-corrected chi connectivity index (χ0v) is 15.3. The molecular formula is C20H25N3O3. The molecule has 0 heterocycles. The van der Waals surface area contributed by atoms with E-state index in [4.69, 9.17) is 4.74 Å². The Hall–Kier alpha value is -3.02. The highest BCUT2D eigenvalue weighted by atomic mass is 16.5. The minimum Gasteiger partial charge on any atom is -0.497 e. The summed E-state index contributed by atoms with van der Waals surface area (Å²) in [6.45, 7) is 4.09. The summed E-state index contributed by atoms with van der Waals surface area (Å²) in [5.41, 5.74) is 2.07. The van der Waals surface area contributed by atoms with Crippen molar-refractivity contribution in [2.24, 2.45) is 0 Å². The molecule has 0 unspecified atom stereocenters. The van der Waals surface area contributed by atoms with Crippen LogP contribution in [-0.4, -0.2) is 31.5 Å². The average Bonchev–Trinajstić information content (AvgIpc) is 2.62. The molecule has 0 aliphatic heterocycles. The summed E-state index contributed by atoms with van der Waals surface area (Å²) in [5.74, 6) is 0.463. The Labute approximate surface area is 153 Å². The smallest absolute Gasteiger partial charge is 0.253 e. The second kappa shape index (κ2) is 9.46. The van der Waals surface area contributed by atoms with E-state index in [0.717, 1.165) is 11.4 Å². The van der Waals surface area contributed by atoms with Crippen molar-refractivity contribution in [3.8, 4) is 5.75 Å². The van der Waals surface area contributed by atoms with Gasteiger partial charge in [-0.3, -0.25) is 9.59 Å². The zero-order valence-electron chi connectivity index (χ0n) is 15.3. The molecule has 6 nitrogen and oxygen atoms in total. The van der Waals surface area contributed by atoms with Gasteiger partial charge in [0, 0.05) is 24.7 Å². The fourth-order valence-electron chi connectivity index (χ4n) is 2.40. The minimum absolute atomic E-state index is 0.0788. The van der Waals surface area contributed by atoms with Gasteiger partial charge in [-0.25, -0.2) is 0 Å². The van der Waals surface area contributed by atoms with Gasteiger partial charge in [0.25, 0.3) is 5.91 Å². The number of para-hydroxylation sites is 1. The van der Waals surface area contributed by atoms with E-state index in [-0.39, 0.29) is 30.8 Å². The fourth-order valence-corrected chi connectivity index (χ4v) is 2.40. The summed E-state index contributed by atoms with van der Waals surface area (Å²) >= 11 is 0. The van der Waals surface area contributed by atoms with Crippen LogP contribution in [0.3, 0.4) is 0 Å². The molecule has 0 saturated carbocycles. The van der Waals surface area contributed by atoms with Crippen LogP contribution in [0.4, 0.5) is 11.4 Å². The van der Waals surface area contributed by atoms with E-state index in [1.54, 1.807) is 19.2 Å². The number of amides is 2. The Morgan fingerprint density at radius 3 is 2.38 bits per heavy atom. The normalized spacial score (nSPS) is 10.3. The lowest BCUT2D eigenvalue weighted by Crippen LogP contribution is -2.34. The first-order valence-electron chi connectivity index (χ1n) is 8.57. The molecule has 138 valence electrons. The highest BCUT2D eigenvalue weighted by Crippen LogP contribution is 2.22. The number of hydrogen-bond donors (Lipinski definition) is 3. The van der Waals surface area contributed by atoms with Gasteiger partial charge in [0.2, 0.25) is 5.91 Å². The number of carbonyl (C=O) groups is 2. The highest BCUT2D eigenvalue weighted by Gasteiger charge is 2.12. The lowest BCUT2D eigenvalue weighted by atomic mass is 10.1. The Morgan fingerprint density at radius 1 is 1.04 bits per heavy atom. The van der Waals surface area contributed by atoms with E-state index in [1.807, 2.05) is 50.2 Å². The summed E-state index contributed by atoms with van der Waals surface area (Å²) < 4.78 is 5.14. The summed E-state index contributed by atoms with van der Waals surface area (Å²) in [6, 6.07) is 14.8. The molecular weight excluding hydrogens is 330 g/mol. The van der Waals surface area contributed by atoms with Gasteiger partial charge in [-0.05, 0) is 50.2 Å². The van der Waals surface area contributed by atoms with E-state index < -0.39 is 0 Å². The summed E-state index contributed by atoms with van der Waals surface area (Å²) in [7, 11) is 1.61. The van der Waals surface area contributed by atoms with Gasteiger partial charge in [0.15, 0.2) is 0 Å². The molecule has 0 saturated heterocycles. The number of benzene rings is 2. The monoisotopic (exact) mass is 355 g/mol. The van der Waals surface area contributed by atoms with Crippen molar-refractivity contribution in [1.29, 1.82) is 0 Å². The third kappa shape index (κ3) is 5.81. The fraction of sp³-hybridized carbons (Fsp3) is 0.300. The van der Waals surface area contributed by atoms with E-state index >= 15 is 0 Å². The Balaban J connectivity index is 1.98. The van der Waals surface area contributed by atoms with Crippen LogP contribution in [0.5, 0.6) is 5.75 Å². The third-order valence-corrected chi connectivity index (χ3v) is 3.63. The van der Waals surface area contributed by atoms with Gasteiger partial charge < -0.3 is 20.7 Å². The van der Waals surface area contributed by atoms with Crippen molar-refractivity contribution in [3.05, 3.63) is 54.1 Å². The number of rotatable bonds is 8. The molecule has 2 amide bonds. The molecule has 0 aromatic heterocycles. The van der Waals surface area contributed by atoms with Gasteiger partial charge in [-0.15, -0.1) is 0 Å². The topological polar surface area (TPSA) is 79.5 Å². The van der Waals surface area contributed by atoms with Crippen LogP contribution < -0.4 is 20.7 Å². The first kappa shape index (κ1) is 19.3. The molecule has 2 rings (SSSR count). The lowest BCUT2D eigenvalue weighted by Gasteiger charge is -2.13. The van der Waals surface area contributed by atoms with Crippen LogP contribution >= 0.6 is 0 Å². The number of hydrogen-bond acceptors (Lipinski definition) is 4. The number of carbonyl (C=O) groups excluding carboxylic acids is 2. The van der Waals surface area contributed by atoms with Gasteiger partial charge >= 0.3 is 0 Å². The first-order chi connectivity index (χ1) is 12.5. The largest absolute Gasteiger partial charge is 0.497 e. The maximum atomic E-state index is 12.5. The van der Waals surface area contributed by atoms with E-state index in [9.17, 15) is 9.59 Å². The molecule has 0 bridgehead atoms. The van der Waals surface area contributed by atoms with E-state index in [1.165, 1.54) is 0 Å². The van der Waals surface area contributed by atoms with Crippen molar-refractivity contribution in [2.75, 3.05) is 19.0 Å². The molecule has 0 atom stereocenters. The number of methoxy groups -OCH3 is 1. The maximum absolute atomic E-state index is 12.5. The van der Waals surface area contributed by atoms with E-state index in [0.29, 0.717) is 11.3 Å². The van der Waals surface area contributed by atoms with Crippen LogP contribution in [0.15, 0.2) is 48.5 Å². The standard InChI is InChI=1S/C20H25N3O3/c1-14(2)22-19(24)12-13-21-20(25)17-6-4-5-7-18(17)23-15-8-10-16(26-3)11-9-15/h4-11,14,23H,12-13H2,1-3H3,(H,21,25)(H,22,24). The van der Waals surface area contributed by atoms with Crippen molar-refractivity contribution in [2.45, 2.75) is 26.3 Å². The molecule has 0 aliphatic rings. The van der Waals surface area contributed by atoms with E-state index in [2.05, 4.69) is 16.0 Å². The summed E-state index contributed by atoms with van der Waals surface area (Å²) in [5, 5.41) is 8.82. The average molecular weight is 355 g/mol. The number of anilines is 2. The van der Waals surface area contributed by atoms with Crippen molar-refractivity contribution in [1.82, 2.24) is 10.6 Å². The molecule has 0 spiro atoms. The summed E-state index contributed by atoms with van der Waals surface area (Å²) in [4.78, 5) is 24.1. The Bertz CT molecular complexity index is 742. The van der Waals surface area contributed by atoms with Crippen molar-refractivity contribution in [3.63, 3.8) is 0 Å². The predicted molar refractivity (Wildman–Crippen MR) is 103 cm³/mol. The van der Waals surface area contributed by atoms with Crippen LogP contribution in [0.25, 0.3) is 0 Å². The number of ether oxygens (including phenoxy) is 1. The van der Waals surface area contributed by atoms with Gasteiger partial charge in [-0.1, -0.05) is 12.1 Å². The highest BCUT2D eigenvalue weighted by molar-refractivity contribution is 6.00. The van der Waals surface area contributed by atoms with Crippen molar-refractivity contribution >= 4 is 23.2 Å². The van der Waals surface area contributed by atoms with Crippen LogP contribution in [0, 0.1) is 0 Å². The molecule has 3 N–H and O–H groups in total. The molecule has 6 heteroatoms. The van der Waals surface area contributed by atoms with Crippen LogP contribution in [0.1, 0.15) is 30.6 Å². The second-order valence-corrected chi connectivity index (χ2v) is 6.13. The molecule has 0 radical (unpaired) electrons. The van der Waals surface area contributed by atoms with Gasteiger partial charge in [0.05, 0.1) is 18.4 Å². The molecule has 0 aliphatic carbocycles.